The van der Waals surface area contributed by atoms with Crippen LogP contribution in [0.1, 0.15) is 25.3 Å². The Morgan fingerprint density at radius 1 is 0.800 bits per heavy atom. The summed E-state index contributed by atoms with van der Waals surface area (Å²) >= 11 is 0. The molecule has 5 nitrogen and oxygen atoms in total. The molecule has 0 aliphatic carbocycles. The van der Waals surface area contributed by atoms with E-state index < -0.39 is 0 Å². The molecule has 3 aromatic carbocycles. The van der Waals surface area contributed by atoms with E-state index in [1.807, 2.05) is 78.9 Å². The topological polar surface area (TPSA) is 59.6 Å². The van der Waals surface area contributed by atoms with Gasteiger partial charge in [0, 0.05) is 11.4 Å². The van der Waals surface area contributed by atoms with Gasteiger partial charge in [-0.2, -0.15) is 0 Å². The molecule has 0 spiro atoms. The van der Waals surface area contributed by atoms with Gasteiger partial charge in [0.1, 0.15) is 24.7 Å². The molecule has 0 aromatic heterocycles. The van der Waals surface area contributed by atoms with Crippen molar-refractivity contribution >= 4 is 17.3 Å². The van der Waals surface area contributed by atoms with Gasteiger partial charge < -0.3 is 20.1 Å². The first-order valence-corrected chi connectivity index (χ1v) is 10.1. The maximum absolute atomic E-state index is 12.3. The molecule has 0 fully saturated rings. The fourth-order valence-electron chi connectivity index (χ4n) is 3.00. The minimum absolute atomic E-state index is 0.0820. The lowest BCUT2D eigenvalue weighted by Crippen LogP contribution is -2.22. The van der Waals surface area contributed by atoms with E-state index in [1.54, 1.807) is 0 Å². The molecule has 0 aliphatic rings. The molecule has 0 radical (unpaired) electrons. The summed E-state index contributed by atoms with van der Waals surface area (Å²) in [4.78, 5) is 12.3. The lowest BCUT2D eigenvalue weighted by molar-refractivity contribution is -0.114. The predicted molar refractivity (Wildman–Crippen MR) is 122 cm³/mol. The molecular weight excluding hydrogens is 376 g/mol. The molecule has 0 heterocycles. The molecule has 0 atom stereocenters. The Morgan fingerprint density at radius 2 is 1.40 bits per heavy atom. The average molecular weight is 405 g/mol. The van der Waals surface area contributed by atoms with E-state index in [0.717, 1.165) is 28.4 Å². The Morgan fingerprint density at radius 3 is 2.07 bits per heavy atom. The summed E-state index contributed by atoms with van der Waals surface area (Å²) in [5.74, 6) is 1.85. The van der Waals surface area contributed by atoms with Gasteiger partial charge in [-0.1, -0.05) is 50.2 Å². The second-order valence-electron chi connectivity index (χ2n) is 7.18. The summed E-state index contributed by atoms with van der Waals surface area (Å²) < 4.78 is 11.3. The fraction of sp³-hybridized carbons (Fsp3) is 0.240. The lowest BCUT2D eigenvalue weighted by atomic mass is 10.0. The van der Waals surface area contributed by atoms with Crippen LogP contribution in [0.25, 0.3) is 0 Å². The van der Waals surface area contributed by atoms with Crippen molar-refractivity contribution in [2.24, 2.45) is 0 Å². The van der Waals surface area contributed by atoms with Crippen LogP contribution in [0, 0.1) is 0 Å². The van der Waals surface area contributed by atoms with Crippen molar-refractivity contribution in [1.82, 2.24) is 0 Å². The van der Waals surface area contributed by atoms with Crippen molar-refractivity contribution in [3.8, 4) is 11.5 Å². The second kappa shape index (κ2) is 10.9. The largest absolute Gasteiger partial charge is 0.490 e. The minimum atomic E-state index is -0.0820. The quantitative estimate of drug-likeness (QED) is 0.449. The lowest BCUT2D eigenvalue weighted by Gasteiger charge is -2.14. The Kier molecular flexibility index (Phi) is 7.72. The van der Waals surface area contributed by atoms with Crippen LogP contribution in [0.2, 0.25) is 0 Å². The van der Waals surface area contributed by atoms with E-state index in [4.69, 9.17) is 9.47 Å². The third kappa shape index (κ3) is 6.55. The summed E-state index contributed by atoms with van der Waals surface area (Å²) in [6.07, 6.45) is 0. The number of nitrogens with one attached hydrogen (secondary N) is 2. The number of hydrogen-bond acceptors (Lipinski definition) is 4. The van der Waals surface area contributed by atoms with Gasteiger partial charge in [-0.15, -0.1) is 0 Å². The number of ether oxygens (including phenoxy) is 2. The SMILES string of the molecule is CC(C)c1ccccc1NC(=O)CNc1ccc(OCCOc2ccccc2)cc1. The fourth-order valence-corrected chi connectivity index (χ4v) is 3.00. The normalized spacial score (nSPS) is 10.5. The van der Waals surface area contributed by atoms with E-state index in [2.05, 4.69) is 24.5 Å². The first-order valence-electron chi connectivity index (χ1n) is 10.1. The van der Waals surface area contributed by atoms with E-state index in [0.29, 0.717) is 19.1 Å². The van der Waals surface area contributed by atoms with E-state index in [-0.39, 0.29) is 12.5 Å². The highest BCUT2D eigenvalue weighted by Crippen LogP contribution is 2.23. The third-order valence-electron chi connectivity index (χ3n) is 4.53. The van der Waals surface area contributed by atoms with Crippen molar-refractivity contribution in [3.63, 3.8) is 0 Å². The molecule has 2 N–H and O–H groups in total. The van der Waals surface area contributed by atoms with Gasteiger partial charge in [0.2, 0.25) is 5.91 Å². The summed E-state index contributed by atoms with van der Waals surface area (Å²) in [6.45, 7) is 5.35. The van der Waals surface area contributed by atoms with Crippen molar-refractivity contribution in [1.29, 1.82) is 0 Å². The summed E-state index contributed by atoms with van der Waals surface area (Å²) in [5.41, 5.74) is 2.85. The highest BCUT2D eigenvalue weighted by molar-refractivity contribution is 5.94. The van der Waals surface area contributed by atoms with Gasteiger partial charge in [-0.25, -0.2) is 0 Å². The number of carbonyl (C=O) groups is 1. The molecule has 156 valence electrons. The van der Waals surface area contributed by atoms with Crippen LogP contribution in [0.15, 0.2) is 78.9 Å². The van der Waals surface area contributed by atoms with Gasteiger partial charge in [0.15, 0.2) is 0 Å². The van der Waals surface area contributed by atoms with Crippen molar-refractivity contribution in [2.45, 2.75) is 19.8 Å². The van der Waals surface area contributed by atoms with Crippen molar-refractivity contribution in [2.75, 3.05) is 30.4 Å². The molecule has 0 aliphatic heterocycles. The van der Waals surface area contributed by atoms with Crippen LogP contribution in [-0.4, -0.2) is 25.7 Å². The average Bonchev–Trinajstić information content (AvgIpc) is 2.77. The van der Waals surface area contributed by atoms with Crippen molar-refractivity contribution in [3.05, 3.63) is 84.4 Å². The van der Waals surface area contributed by atoms with Gasteiger partial charge in [0.05, 0.1) is 6.54 Å². The maximum Gasteiger partial charge on any atom is 0.243 e. The molecule has 0 bridgehead atoms. The first kappa shape index (κ1) is 21.2. The van der Waals surface area contributed by atoms with E-state index in [9.17, 15) is 4.79 Å². The highest BCUT2D eigenvalue weighted by Gasteiger charge is 2.09. The van der Waals surface area contributed by atoms with Gasteiger partial charge in [-0.3, -0.25) is 4.79 Å². The Hall–Kier alpha value is -3.47. The molecule has 0 unspecified atom stereocenters. The van der Waals surface area contributed by atoms with Crippen molar-refractivity contribution < 1.29 is 14.3 Å². The summed E-state index contributed by atoms with van der Waals surface area (Å²) in [6, 6.07) is 25.1. The smallest absolute Gasteiger partial charge is 0.243 e. The predicted octanol–water partition coefficient (Wildman–Crippen LogP) is 5.32. The minimum Gasteiger partial charge on any atom is -0.490 e. The number of anilines is 2. The molecule has 5 heteroatoms. The van der Waals surface area contributed by atoms with Crippen LogP contribution in [0.5, 0.6) is 11.5 Å². The van der Waals surface area contributed by atoms with Crippen LogP contribution in [-0.2, 0) is 4.79 Å². The van der Waals surface area contributed by atoms with Gasteiger partial charge in [-0.05, 0) is 53.9 Å². The van der Waals surface area contributed by atoms with E-state index in [1.165, 1.54) is 0 Å². The number of hydrogen-bond donors (Lipinski definition) is 2. The standard InChI is InChI=1S/C25H28N2O3/c1-19(2)23-10-6-7-11-24(23)27-25(28)18-26-20-12-14-22(15-13-20)30-17-16-29-21-8-4-3-5-9-21/h3-15,19,26H,16-18H2,1-2H3,(H,27,28). The second-order valence-corrected chi connectivity index (χ2v) is 7.18. The molecule has 3 rings (SSSR count). The third-order valence-corrected chi connectivity index (χ3v) is 4.53. The molecular formula is C25H28N2O3. The molecule has 30 heavy (non-hydrogen) atoms. The zero-order valence-corrected chi connectivity index (χ0v) is 17.4. The number of para-hydroxylation sites is 2. The zero-order chi connectivity index (χ0) is 21.2. The Balaban J connectivity index is 1.40. The van der Waals surface area contributed by atoms with Crippen LogP contribution >= 0.6 is 0 Å². The van der Waals surface area contributed by atoms with Crippen LogP contribution < -0.4 is 20.1 Å². The molecule has 3 aromatic rings. The number of benzene rings is 3. The highest BCUT2D eigenvalue weighted by atomic mass is 16.5. The van der Waals surface area contributed by atoms with Crippen LogP contribution in [0.3, 0.4) is 0 Å². The summed E-state index contributed by atoms with van der Waals surface area (Å²) in [7, 11) is 0. The molecule has 1 amide bonds. The molecule has 0 saturated heterocycles. The van der Waals surface area contributed by atoms with E-state index >= 15 is 0 Å². The molecule has 0 saturated carbocycles. The number of carbonyl (C=O) groups excluding carboxylic acids is 1. The number of amides is 1. The van der Waals surface area contributed by atoms with Crippen LogP contribution in [0.4, 0.5) is 11.4 Å². The Bertz CT molecular complexity index is 925. The number of rotatable bonds is 10. The Labute approximate surface area is 178 Å². The monoisotopic (exact) mass is 404 g/mol. The zero-order valence-electron chi connectivity index (χ0n) is 17.4. The van der Waals surface area contributed by atoms with Gasteiger partial charge in [0.25, 0.3) is 0 Å². The first-order chi connectivity index (χ1) is 14.6. The maximum atomic E-state index is 12.3. The van der Waals surface area contributed by atoms with Gasteiger partial charge >= 0.3 is 0 Å². The summed E-state index contributed by atoms with van der Waals surface area (Å²) in [5, 5.41) is 6.12.